The van der Waals surface area contributed by atoms with Crippen molar-refractivity contribution in [3.05, 3.63) is 29.6 Å². The van der Waals surface area contributed by atoms with Crippen molar-refractivity contribution in [2.75, 3.05) is 5.73 Å². The van der Waals surface area contributed by atoms with Gasteiger partial charge in [-0.2, -0.15) is 0 Å². The van der Waals surface area contributed by atoms with Gasteiger partial charge in [-0.05, 0) is 42.7 Å². The Balaban J connectivity index is 1.99. The highest BCUT2D eigenvalue weighted by atomic mass is 19.1. The number of nitrogen functional groups attached to an aromatic ring is 1. The van der Waals surface area contributed by atoms with Crippen LogP contribution in [0.2, 0.25) is 0 Å². The van der Waals surface area contributed by atoms with Gasteiger partial charge < -0.3 is 10.5 Å². The second-order valence-corrected chi connectivity index (χ2v) is 6.65. The molecule has 2 rings (SSSR count). The van der Waals surface area contributed by atoms with E-state index in [1.807, 2.05) is 0 Å². The Morgan fingerprint density at radius 1 is 1.37 bits per heavy atom. The summed E-state index contributed by atoms with van der Waals surface area (Å²) in [7, 11) is 0. The summed E-state index contributed by atoms with van der Waals surface area (Å²) in [6.07, 6.45) is 3.52. The Labute approximate surface area is 115 Å². The van der Waals surface area contributed by atoms with E-state index in [1.165, 1.54) is 12.5 Å². The molecule has 1 aromatic carbocycles. The summed E-state index contributed by atoms with van der Waals surface area (Å²) in [6.45, 7) is 7.08. The Bertz CT molecular complexity index is 424. The topological polar surface area (TPSA) is 35.2 Å². The third-order valence-corrected chi connectivity index (χ3v) is 3.97. The average Bonchev–Trinajstić information content (AvgIpc) is 2.25. The predicted octanol–water partition coefficient (Wildman–Crippen LogP) is 4.14. The van der Waals surface area contributed by atoms with Gasteiger partial charge in [-0.15, -0.1) is 0 Å². The third-order valence-electron chi connectivity index (χ3n) is 3.97. The molecule has 1 aliphatic rings. The summed E-state index contributed by atoms with van der Waals surface area (Å²) >= 11 is 0. The molecule has 3 heteroatoms. The zero-order chi connectivity index (χ0) is 14.0. The number of anilines is 1. The first-order valence-corrected chi connectivity index (χ1v) is 7.02. The summed E-state index contributed by atoms with van der Waals surface area (Å²) in [5.41, 5.74) is 7.07. The molecule has 0 radical (unpaired) electrons. The number of hydrogen-bond donors (Lipinski definition) is 1. The highest BCUT2D eigenvalue weighted by Gasteiger charge is 2.32. The van der Waals surface area contributed by atoms with Crippen LogP contribution in [0.25, 0.3) is 0 Å². The van der Waals surface area contributed by atoms with Crippen LogP contribution in [0.1, 0.15) is 45.6 Å². The van der Waals surface area contributed by atoms with E-state index < -0.39 is 0 Å². The van der Waals surface area contributed by atoms with Crippen LogP contribution in [0.3, 0.4) is 0 Å². The maximum absolute atomic E-state index is 13.7. The zero-order valence-corrected chi connectivity index (χ0v) is 12.1. The Kier molecular flexibility index (Phi) is 4.14. The van der Waals surface area contributed by atoms with Crippen LogP contribution in [-0.2, 0) is 11.3 Å². The molecule has 0 heterocycles. The van der Waals surface area contributed by atoms with Gasteiger partial charge in [0.1, 0.15) is 5.82 Å². The summed E-state index contributed by atoms with van der Waals surface area (Å²) < 4.78 is 19.6. The van der Waals surface area contributed by atoms with Crippen molar-refractivity contribution >= 4 is 5.69 Å². The summed E-state index contributed by atoms with van der Waals surface area (Å²) in [6, 6.07) is 4.78. The molecule has 0 amide bonds. The van der Waals surface area contributed by atoms with E-state index >= 15 is 0 Å². The van der Waals surface area contributed by atoms with Crippen molar-refractivity contribution in [2.45, 2.75) is 52.7 Å². The lowest BCUT2D eigenvalue weighted by Gasteiger charge is -2.38. The van der Waals surface area contributed by atoms with Gasteiger partial charge in [-0.1, -0.05) is 26.8 Å². The van der Waals surface area contributed by atoms with Gasteiger partial charge in [0.15, 0.2) is 0 Å². The van der Waals surface area contributed by atoms with E-state index in [2.05, 4.69) is 20.8 Å². The average molecular weight is 265 g/mol. The van der Waals surface area contributed by atoms with Gasteiger partial charge in [0.2, 0.25) is 0 Å². The van der Waals surface area contributed by atoms with Gasteiger partial charge >= 0.3 is 0 Å². The van der Waals surface area contributed by atoms with Crippen molar-refractivity contribution < 1.29 is 9.13 Å². The molecule has 2 unspecified atom stereocenters. The van der Waals surface area contributed by atoms with Crippen LogP contribution in [0.5, 0.6) is 0 Å². The molecule has 1 saturated carbocycles. The minimum Gasteiger partial charge on any atom is -0.398 e. The largest absolute Gasteiger partial charge is 0.398 e. The lowest BCUT2D eigenvalue weighted by Crippen LogP contribution is -2.32. The van der Waals surface area contributed by atoms with E-state index in [0.29, 0.717) is 22.6 Å². The molecule has 0 saturated heterocycles. The molecule has 1 fully saturated rings. The van der Waals surface area contributed by atoms with Crippen LogP contribution in [0, 0.1) is 17.2 Å². The number of benzene rings is 1. The molecule has 106 valence electrons. The van der Waals surface area contributed by atoms with E-state index in [9.17, 15) is 4.39 Å². The highest BCUT2D eigenvalue weighted by Crippen LogP contribution is 2.40. The first kappa shape index (κ1) is 14.3. The molecule has 1 aliphatic carbocycles. The standard InChI is InChI=1S/C16H24FNO/c1-11-7-12(9-16(2,3)8-11)19-10-13-14(17)5-4-6-15(13)18/h4-6,11-12H,7-10,18H2,1-3H3. The molecule has 1 aromatic rings. The minimum absolute atomic E-state index is 0.206. The number of ether oxygens (including phenoxy) is 1. The maximum Gasteiger partial charge on any atom is 0.130 e. The van der Waals surface area contributed by atoms with Gasteiger partial charge in [0.25, 0.3) is 0 Å². The van der Waals surface area contributed by atoms with Crippen LogP contribution in [0.15, 0.2) is 18.2 Å². The molecule has 2 nitrogen and oxygen atoms in total. The second-order valence-electron chi connectivity index (χ2n) is 6.65. The highest BCUT2D eigenvalue weighted by molar-refractivity contribution is 5.46. The van der Waals surface area contributed by atoms with Gasteiger partial charge in [0, 0.05) is 11.3 Å². The van der Waals surface area contributed by atoms with Crippen LogP contribution in [-0.4, -0.2) is 6.10 Å². The fourth-order valence-electron chi connectivity index (χ4n) is 3.31. The summed E-state index contributed by atoms with van der Waals surface area (Å²) in [4.78, 5) is 0. The quantitative estimate of drug-likeness (QED) is 0.834. The molecule has 19 heavy (non-hydrogen) atoms. The van der Waals surface area contributed by atoms with E-state index in [4.69, 9.17) is 10.5 Å². The van der Waals surface area contributed by atoms with E-state index in [1.54, 1.807) is 12.1 Å². The monoisotopic (exact) mass is 265 g/mol. The zero-order valence-electron chi connectivity index (χ0n) is 12.1. The van der Waals surface area contributed by atoms with Gasteiger partial charge in [0.05, 0.1) is 12.7 Å². The molecule has 0 bridgehead atoms. The van der Waals surface area contributed by atoms with Gasteiger partial charge in [-0.3, -0.25) is 0 Å². The van der Waals surface area contributed by atoms with Crippen molar-refractivity contribution in [1.82, 2.24) is 0 Å². The summed E-state index contributed by atoms with van der Waals surface area (Å²) in [5.74, 6) is 0.384. The number of rotatable bonds is 3. The lowest BCUT2D eigenvalue weighted by molar-refractivity contribution is -0.0322. The van der Waals surface area contributed by atoms with Crippen molar-refractivity contribution in [3.63, 3.8) is 0 Å². The smallest absolute Gasteiger partial charge is 0.130 e. The molecule has 2 N–H and O–H groups in total. The Morgan fingerprint density at radius 3 is 2.74 bits per heavy atom. The molecular formula is C16H24FNO. The first-order chi connectivity index (χ1) is 8.87. The Morgan fingerprint density at radius 2 is 2.11 bits per heavy atom. The van der Waals surface area contributed by atoms with E-state index in [0.717, 1.165) is 12.8 Å². The molecule has 0 spiro atoms. The minimum atomic E-state index is -0.275. The van der Waals surface area contributed by atoms with Crippen molar-refractivity contribution in [2.24, 2.45) is 11.3 Å². The molecule has 2 atom stereocenters. The van der Waals surface area contributed by atoms with Crippen LogP contribution < -0.4 is 5.73 Å². The SMILES string of the molecule is CC1CC(OCc2c(N)cccc2F)CC(C)(C)C1. The molecular weight excluding hydrogens is 241 g/mol. The van der Waals surface area contributed by atoms with Crippen molar-refractivity contribution in [3.8, 4) is 0 Å². The number of halogens is 1. The number of nitrogens with two attached hydrogens (primary N) is 1. The van der Waals surface area contributed by atoms with Crippen molar-refractivity contribution in [1.29, 1.82) is 0 Å². The first-order valence-electron chi connectivity index (χ1n) is 7.02. The Hall–Kier alpha value is -1.09. The van der Waals surface area contributed by atoms with E-state index in [-0.39, 0.29) is 18.5 Å². The normalized spacial score (nSPS) is 26.3. The predicted molar refractivity (Wildman–Crippen MR) is 76.2 cm³/mol. The second kappa shape index (κ2) is 5.49. The fourth-order valence-corrected chi connectivity index (χ4v) is 3.31. The van der Waals surface area contributed by atoms with Gasteiger partial charge in [-0.25, -0.2) is 4.39 Å². The third kappa shape index (κ3) is 3.69. The fraction of sp³-hybridized carbons (Fsp3) is 0.625. The lowest BCUT2D eigenvalue weighted by atomic mass is 9.71. The summed E-state index contributed by atoms with van der Waals surface area (Å²) in [5, 5.41) is 0. The molecule has 0 aliphatic heterocycles. The molecule has 0 aromatic heterocycles. The van der Waals surface area contributed by atoms with Crippen LogP contribution in [0.4, 0.5) is 10.1 Å². The maximum atomic E-state index is 13.7. The number of hydrogen-bond acceptors (Lipinski definition) is 2. The van der Waals surface area contributed by atoms with Crippen LogP contribution >= 0.6 is 0 Å².